The van der Waals surface area contributed by atoms with Crippen LogP contribution in [0.1, 0.15) is 50.4 Å². The van der Waals surface area contributed by atoms with Crippen molar-refractivity contribution in [2.45, 2.75) is 57.0 Å². The van der Waals surface area contributed by atoms with Crippen molar-refractivity contribution in [2.75, 3.05) is 26.7 Å². The summed E-state index contributed by atoms with van der Waals surface area (Å²) in [6, 6.07) is 6.25. The first kappa shape index (κ1) is 20.9. The molecule has 0 aliphatic carbocycles. The van der Waals surface area contributed by atoms with Gasteiger partial charge in [-0.15, -0.1) is 0 Å². The highest BCUT2D eigenvalue weighted by Crippen LogP contribution is 2.18. The molecular weight excluding hydrogens is 350 g/mol. The van der Waals surface area contributed by atoms with Crippen LogP contribution in [0.4, 0.5) is 0 Å². The summed E-state index contributed by atoms with van der Waals surface area (Å²) in [5.41, 5.74) is 0.493. The minimum Gasteiger partial charge on any atom is -0.349 e. The molecule has 1 N–H and O–H groups in total. The molecule has 1 saturated heterocycles. The van der Waals surface area contributed by atoms with Gasteiger partial charge in [-0.2, -0.15) is 4.31 Å². The van der Waals surface area contributed by atoms with E-state index in [2.05, 4.69) is 17.1 Å². The average Bonchev–Trinajstić information content (AvgIpc) is 2.63. The molecule has 2 rings (SSSR count). The highest BCUT2D eigenvalue weighted by Gasteiger charge is 2.24. The molecule has 1 aliphatic heterocycles. The topological polar surface area (TPSA) is 69.7 Å². The summed E-state index contributed by atoms with van der Waals surface area (Å²) in [5, 5.41) is 3.07. The molecule has 1 amide bonds. The zero-order valence-corrected chi connectivity index (χ0v) is 17.1. The van der Waals surface area contributed by atoms with Crippen LogP contribution in [0.25, 0.3) is 0 Å². The van der Waals surface area contributed by atoms with E-state index in [1.165, 1.54) is 16.4 Å². The molecule has 0 saturated carbocycles. The summed E-state index contributed by atoms with van der Waals surface area (Å²) in [4.78, 5) is 15.1. The van der Waals surface area contributed by atoms with Crippen molar-refractivity contribution in [3.63, 3.8) is 0 Å². The van der Waals surface area contributed by atoms with Gasteiger partial charge >= 0.3 is 0 Å². The van der Waals surface area contributed by atoms with Crippen LogP contribution >= 0.6 is 0 Å². The zero-order chi connectivity index (χ0) is 19.3. The van der Waals surface area contributed by atoms with E-state index < -0.39 is 10.0 Å². The maximum absolute atomic E-state index is 12.5. The third-order valence-corrected chi connectivity index (χ3v) is 7.03. The van der Waals surface area contributed by atoms with Crippen molar-refractivity contribution < 1.29 is 13.2 Å². The van der Waals surface area contributed by atoms with Crippen molar-refractivity contribution in [2.24, 2.45) is 0 Å². The van der Waals surface area contributed by atoms with Crippen LogP contribution in [0.5, 0.6) is 0 Å². The summed E-state index contributed by atoms with van der Waals surface area (Å²) < 4.78 is 26.3. The number of piperidine rings is 1. The quantitative estimate of drug-likeness (QED) is 0.787. The highest BCUT2D eigenvalue weighted by molar-refractivity contribution is 7.89. The smallest absolute Gasteiger partial charge is 0.251 e. The Morgan fingerprint density at radius 2 is 1.81 bits per heavy atom. The SMILES string of the molecule is CCCN1CCC(NC(=O)c2ccc(S(=O)(=O)N(C)C(C)C)cc2)CC1. The van der Waals surface area contributed by atoms with Crippen LogP contribution in [-0.2, 0) is 10.0 Å². The van der Waals surface area contributed by atoms with E-state index in [1.54, 1.807) is 19.2 Å². The van der Waals surface area contributed by atoms with E-state index in [1.807, 2.05) is 13.8 Å². The second-order valence-electron chi connectivity index (χ2n) is 7.23. The zero-order valence-electron chi connectivity index (χ0n) is 16.2. The molecule has 1 aromatic rings. The number of amides is 1. The lowest BCUT2D eigenvalue weighted by Crippen LogP contribution is -2.44. The van der Waals surface area contributed by atoms with Crippen molar-refractivity contribution in [3.05, 3.63) is 29.8 Å². The van der Waals surface area contributed by atoms with E-state index in [9.17, 15) is 13.2 Å². The Kier molecular flexibility index (Phi) is 7.20. The van der Waals surface area contributed by atoms with Crippen LogP contribution in [0.3, 0.4) is 0 Å². The van der Waals surface area contributed by atoms with E-state index >= 15 is 0 Å². The molecule has 7 heteroatoms. The van der Waals surface area contributed by atoms with Gasteiger partial charge in [0.15, 0.2) is 0 Å². The molecule has 0 radical (unpaired) electrons. The Hall–Kier alpha value is -1.44. The number of hydrogen-bond donors (Lipinski definition) is 1. The number of nitrogens with one attached hydrogen (secondary N) is 1. The van der Waals surface area contributed by atoms with Crippen LogP contribution in [0, 0.1) is 0 Å². The van der Waals surface area contributed by atoms with Crippen LogP contribution < -0.4 is 5.32 Å². The number of sulfonamides is 1. The van der Waals surface area contributed by atoms with Crippen LogP contribution in [-0.4, -0.2) is 62.3 Å². The lowest BCUT2D eigenvalue weighted by atomic mass is 10.0. The number of carbonyl (C=O) groups is 1. The number of hydrogen-bond acceptors (Lipinski definition) is 4. The van der Waals surface area contributed by atoms with Crippen molar-refractivity contribution in [3.8, 4) is 0 Å². The van der Waals surface area contributed by atoms with Gasteiger partial charge < -0.3 is 10.2 Å². The lowest BCUT2D eigenvalue weighted by Gasteiger charge is -2.32. The Balaban J connectivity index is 1.97. The summed E-state index contributed by atoms with van der Waals surface area (Å²) >= 11 is 0. The normalized spacial score (nSPS) is 17.0. The maximum Gasteiger partial charge on any atom is 0.251 e. The summed E-state index contributed by atoms with van der Waals surface area (Å²) in [6.45, 7) is 8.96. The first-order valence-electron chi connectivity index (χ1n) is 9.37. The Morgan fingerprint density at radius 3 is 2.31 bits per heavy atom. The van der Waals surface area contributed by atoms with Gasteiger partial charge in [0.1, 0.15) is 0 Å². The second kappa shape index (κ2) is 8.97. The standard InChI is InChI=1S/C19H31N3O3S/c1-5-12-22-13-10-17(11-14-22)20-19(23)16-6-8-18(9-7-16)26(24,25)21(4)15(2)3/h6-9,15,17H,5,10-14H2,1-4H3,(H,20,23). The van der Waals surface area contributed by atoms with Crippen LogP contribution in [0.2, 0.25) is 0 Å². The summed E-state index contributed by atoms with van der Waals surface area (Å²) in [7, 11) is -1.96. The van der Waals surface area contributed by atoms with E-state index in [-0.39, 0.29) is 22.9 Å². The highest BCUT2D eigenvalue weighted by atomic mass is 32.2. The lowest BCUT2D eigenvalue weighted by molar-refractivity contribution is 0.0911. The van der Waals surface area contributed by atoms with Gasteiger partial charge in [0.25, 0.3) is 5.91 Å². The van der Waals surface area contributed by atoms with E-state index in [4.69, 9.17) is 0 Å². The first-order chi connectivity index (χ1) is 12.3. The molecule has 0 spiro atoms. The second-order valence-corrected chi connectivity index (χ2v) is 9.23. The monoisotopic (exact) mass is 381 g/mol. The number of likely N-dealkylation sites (tertiary alicyclic amines) is 1. The molecule has 6 nitrogen and oxygen atoms in total. The minimum absolute atomic E-state index is 0.124. The molecule has 0 bridgehead atoms. The molecule has 1 aromatic carbocycles. The predicted octanol–water partition coefficient (Wildman–Crippen LogP) is 2.32. The van der Waals surface area contributed by atoms with E-state index in [0.717, 1.165) is 38.9 Å². The molecule has 1 heterocycles. The average molecular weight is 382 g/mol. The van der Waals surface area contributed by atoms with Gasteiger partial charge in [0.05, 0.1) is 4.90 Å². The predicted molar refractivity (Wildman–Crippen MR) is 104 cm³/mol. The third kappa shape index (κ3) is 5.05. The Morgan fingerprint density at radius 1 is 1.23 bits per heavy atom. The molecule has 0 unspecified atom stereocenters. The fourth-order valence-electron chi connectivity index (χ4n) is 3.11. The number of carbonyl (C=O) groups excluding carboxylic acids is 1. The molecule has 146 valence electrons. The van der Waals surface area contributed by atoms with Crippen LogP contribution in [0.15, 0.2) is 29.2 Å². The van der Waals surface area contributed by atoms with Gasteiger partial charge in [-0.3, -0.25) is 4.79 Å². The van der Waals surface area contributed by atoms with Crippen molar-refractivity contribution in [1.82, 2.24) is 14.5 Å². The van der Waals surface area contributed by atoms with Gasteiger partial charge in [0, 0.05) is 37.8 Å². The third-order valence-electron chi connectivity index (χ3n) is 4.98. The van der Waals surface area contributed by atoms with Crippen molar-refractivity contribution >= 4 is 15.9 Å². The Labute approximate surface area is 157 Å². The Bertz CT molecular complexity index is 693. The molecular formula is C19H31N3O3S. The number of rotatable bonds is 7. The van der Waals surface area contributed by atoms with Gasteiger partial charge in [-0.05, 0) is 63.9 Å². The number of nitrogens with zero attached hydrogens (tertiary/aromatic N) is 2. The molecule has 26 heavy (non-hydrogen) atoms. The maximum atomic E-state index is 12.5. The minimum atomic E-state index is -3.52. The fourth-order valence-corrected chi connectivity index (χ4v) is 4.48. The number of benzene rings is 1. The fraction of sp³-hybridized carbons (Fsp3) is 0.632. The summed E-state index contributed by atoms with van der Waals surface area (Å²) in [6.07, 6.45) is 3.06. The largest absolute Gasteiger partial charge is 0.349 e. The van der Waals surface area contributed by atoms with E-state index in [0.29, 0.717) is 5.56 Å². The van der Waals surface area contributed by atoms with Crippen molar-refractivity contribution in [1.29, 1.82) is 0 Å². The van der Waals surface area contributed by atoms with Gasteiger partial charge in [-0.1, -0.05) is 6.92 Å². The molecule has 0 aromatic heterocycles. The first-order valence-corrected chi connectivity index (χ1v) is 10.8. The molecule has 1 aliphatic rings. The summed E-state index contributed by atoms with van der Waals surface area (Å²) in [5.74, 6) is -0.139. The molecule has 0 atom stereocenters. The van der Waals surface area contributed by atoms with Gasteiger partial charge in [-0.25, -0.2) is 8.42 Å². The van der Waals surface area contributed by atoms with Gasteiger partial charge in [0.2, 0.25) is 10.0 Å². The molecule has 1 fully saturated rings.